The van der Waals surface area contributed by atoms with E-state index in [1.165, 1.54) is 45.2 Å². The standard InChI is InChI=1S/C20H21N3O5S2/c1-26-13-6-10(7-14(27-2)18(13)28-3)17(25)19-16(22)12(8-21)20(30-19)29-9-15(24)23-11-4-5-11/h6-7,11H,4-5,9,22H2,1-3H3,(H,23,24). The first-order valence-electron chi connectivity index (χ1n) is 9.02. The van der Waals surface area contributed by atoms with Crippen LogP contribution in [0.4, 0.5) is 5.69 Å². The first-order valence-corrected chi connectivity index (χ1v) is 10.8. The maximum atomic E-state index is 13.2. The van der Waals surface area contributed by atoms with Gasteiger partial charge in [-0.3, -0.25) is 9.59 Å². The van der Waals surface area contributed by atoms with Gasteiger partial charge in [-0.1, -0.05) is 0 Å². The molecule has 0 radical (unpaired) electrons. The molecule has 0 saturated heterocycles. The van der Waals surface area contributed by atoms with Crippen LogP contribution >= 0.6 is 23.1 Å². The van der Waals surface area contributed by atoms with Crippen LogP contribution < -0.4 is 25.3 Å². The van der Waals surface area contributed by atoms with Crippen molar-refractivity contribution in [3.05, 3.63) is 28.1 Å². The predicted molar refractivity (Wildman–Crippen MR) is 115 cm³/mol. The van der Waals surface area contributed by atoms with Gasteiger partial charge in [-0.15, -0.1) is 23.1 Å². The number of nitrogens with one attached hydrogen (secondary N) is 1. The van der Waals surface area contributed by atoms with Crippen molar-refractivity contribution in [3.63, 3.8) is 0 Å². The maximum absolute atomic E-state index is 13.2. The number of rotatable bonds is 9. The molecule has 0 atom stereocenters. The molecule has 8 nitrogen and oxygen atoms in total. The van der Waals surface area contributed by atoms with E-state index < -0.39 is 0 Å². The van der Waals surface area contributed by atoms with Crippen LogP contribution in [0, 0.1) is 11.3 Å². The summed E-state index contributed by atoms with van der Waals surface area (Å²) in [4.78, 5) is 25.4. The summed E-state index contributed by atoms with van der Waals surface area (Å²) in [6, 6.07) is 5.37. The number of hydrogen-bond acceptors (Lipinski definition) is 9. The lowest BCUT2D eigenvalue weighted by atomic mass is 10.1. The van der Waals surface area contributed by atoms with Gasteiger partial charge in [0, 0.05) is 11.6 Å². The number of ketones is 1. The van der Waals surface area contributed by atoms with E-state index in [4.69, 9.17) is 19.9 Å². The largest absolute Gasteiger partial charge is 0.493 e. The van der Waals surface area contributed by atoms with Gasteiger partial charge in [0.15, 0.2) is 11.5 Å². The average molecular weight is 448 g/mol. The number of nitrogens with two attached hydrogens (primary N) is 1. The van der Waals surface area contributed by atoms with E-state index in [0.717, 1.165) is 24.2 Å². The van der Waals surface area contributed by atoms with E-state index >= 15 is 0 Å². The number of amides is 1. The van der Waals surface area contributed by atoms with Crippen LogP contribution in [-0.4, -0.2) is 44.8 Å². The Balaban J connectivity index is 1.89. The summed E-state index contributed by atoms with van der Waals surface area (Å²) in [5.41, 5.74) is 6.71. The molecule has 1 aliphatic rings. The number of carbonyl (C=O) groups excluding carboxylic acids is 2. The smallest absolute Gasteiger partial charge is 0.230 e. The van der Waals surface area contributed by atoms with Gasteiger partial charge in [0.1, 0.15) is 16.5 Å². The second-order valence-corrected chi connectivity index (χ2v) is 8.76. The summed E-state index contributed by atoms with van der Waals surface area (Å²) < 4.78 is 16.4. The van der Waals surface area contributed by atoms with E-state index in [1.807, 2.05) is 6.07 Å². The summed E-state index contributed by atoms with van der Waals surface area (Å²) in [5.74, 6) is 0.720. The zero-order valence-electron chi connectivity index (χ0n) is 16.7. The van der Waals surface area contributed by atoms with Gasteiger partial charge < -0.3 is 25.3 Å². The minimum absolute atomic E-state index is 0.101. The molecule has 3 N–H and O–H groups in total. The predicted octanol–water partition coefficient (Wildman–Crippen LogP) is 2.83. The van der Waals surface area contributed by atoms with Crippen molar-refractivity contribution < 1.29 is 23.8 Å². The molecular formula is C20H21N3O5S2. The number of thiophene rings is 1. The molecule has 0 spiro atoms. The molecule has 0 bridgehead atoms. The first kappa shape index (κ1) is 21.8. The topological polar surface area (TPSA) is 124 Å². The number of hydrogen-bond donors (Lipinski definition) is 2. The fourth-order valence-corrected chi connectivity index (χ4v) is 4.94. The first-order chi connectivity index (χ1) is 14.4. The third kappa shape index (κ3) is 4.47. The molecule has 30 heavy (non-hydrogen) atoms. The molecule has 0 unspecified atom stereocenters. The van der Waals surface area contributed by atoms with Crippen LogP contribution in [0.3, 0.4) is 0 Å². The molecule has 1 amide bonds. The third-order valence-corrected chi connectivity index (χ3v) is 6.91. The van der Waals surface area contributed by atoms with E-state index in [0.29, 0.717) is 21.5 Å². The number of thioether (sulfide) groups is 1. The highest BCUT2D eigenvalue weighted by molar-refractivity contribution is 8.01. The Bertz CT molecular complexity index is 999. The van der Waals surface area contributed by atoms with Gasteiger partial charge in [0.25, 0.3) is 0 Å². The number of nitrogen functional groups attached to an aromatic ring is 1. The Morgan fingerprint density at radius 3 is 2.37 bits per heavy atom. The molecule has 0 aliphatic heterocycles. The molecule has 1 aliphatic carbocycles. The summed E-state index contributed by atoms with van der Waals surface area (Å²) in [6.45, 7) is 0. The van der Waals surface area contributed by atoms with Crippen LogP contribution in [0.25, 0.3) is 0 Å². The highest BCUT2D eigenvalue weighted by atomic mass is 32.2. The molecule has 1 fully saturated rings. The number of benzene rings is 1. The van der Waals surface area contributed by atoms with Crippen molar-refractivity contribution in [3.8, 4) is 23.3 Å². The SMILES string of the molecule is COc1cc(C(=O)c2sc(SCC(=O)NC3CC3)c(C#N)c2N)cc(OC)c1OC. The monoisotopic (exact) mass is 447 g/mol. The molecule has 1 aromatic carbocycles. The van der Waals surface area contributed by atoms with E-state index in [1.54, 1.807) is 0 Å². The molecule has 1 heterocycles. The zero-order valence-corrected chi connectivity index (χ0v) is 18.4. The number of ether oxygens (including phenoxy) is 3. The number of anilines is 1. The van der Waals surface area contributed by atoms with Gasteiger partial charge >= 0.3 is 0 Å². The number of methoxy groups -OCH3 is 3. The van der Waals surface area contributed by atoms with Gasteiger partial charge in [-0.25, -0.2) is 0 Å². The van der Waals surface area contributed by atoms with Crippen LogP contribution in [-0.2, 0) is 4.79 Å². The Morgan fingerprint density at radius 1 is 1.23 bits per heavy atom. The van der Waals surface area contributed by atoms with Crippen molar-refractivity contribution in [1.29, 1.82) is 5.26 Å². The summed E-state index contributed by atoms with van der Waals surface area (Å²) in [6.07, 6.45) is 2.00. The fraction of sp³-hybridized carbons (Fsp3) is 0.350. The van der Waals surface area contributed by atoms with Crippen LogP contribution in [0.2, 0.25) is 0 Å². The number of nitriles is 1. The third-order valence-electron chi connectivity index (χ3n) is 4.43. The highest BCUT2D eigenvalue weighted by Crippen LogP contribution is 2.42. The van der Waals surface area contributed by atoms with E-state index in [2.05, 4.69) is 5.32 Å². The minimum Gasteiger partial charge on any atom is -0.493 e. The normalized spacial score (nSPS) is 12.7. The second kappa shape index (κ2) is 9.28. The van der Waals surface area contributed by atoms with Crippen LogP contribution in [0.5, 0.6) is 17.2 Å². The lowest BCUT2D eigenvalue weighted by molar-refractivity contribution is -0.118. The van der Waals surface area contributed by atoms with Crippen LogP contribution in [0.1, 0.15) is 33.6 Å². The Morgan fingerprint density at radius 2 is 1.87 bits per heavy atom. The van der Waals surface area contributed by atoms with Crippen molar-refractivity contribution in [2.45, 2.75) is 23.1 Å². The van der Waals surface area contributed by atoms with E-state index in [-0.39, 0.29) is 45.2 Å². The summed E-state index contributed by atoms with van der Waals surface area (Å²) in [5, 5.41) is 12.4. The van der Waals surface area contributed by atoms with E-state index in [9.17, 15) is 14.9 Å². The second-order valence-electron chi connectivity index (χ2n) is 6.49. The Kier molecular flexibility index (Phi) is 6.74. The molecule has 10 heteroatoms. The summed E-state index contributed by atoms with van der Waals surface area (Å²) in [7, 11) is 4.39. The molecule has 1 aromatic heterocycles. The lowest BCUT2D eigenvalue weighted by Gasteiger charge is -2.13. The van der Waals surface area contributed by atoms with Gasteiger partial charge in [0.2, 0.25) is 17.4 Å². The van der Waals surface area contributed by atoms with Crippen molar-refractivity contribution >= 4 is 40.5 Å². The zero-order chi connectivity index (χ0) is 21.8. The fourth-order valence-electron chi connectivity index (χ4n) is 2.77. The Labute approximate surface area is 182 Å². The highest BCUT2D eigenvalue weighted by Gasteiger charge is 2.26. The maximum Gasteiger partial charge on any atom is 0.230 e. The van der Waals surface area contributed by atoms with Crippen molar-refractivity contribution in [2.75, 3.05) is 32.8 Å². The molecule has 1 saturated carbocycles. The molecule has 158 valence electrons. The molecule has 3 rings (SSSR count). The van der Waals surface area contributed by atoms with Crippen LogP contribution in [0.15, 0.2) is 16.3 Å². The quantitative estimate of drug-likeness (QED) is 0.444. The number of carbonyl (C=O) groups is 2. The molecule has 2 aromatic rings. The van der Waals surface area contributed by atoms with Crippen molar-refractivity contribution in [2.24, 2.45) is 0 Å². The number of nitrogens with zero attached hydrogens (tertiary/aromatic N) is 1. The van der Waals surface area contributed by atoms with Gasteiger partial charge in [-0.05, 0) is 25.0 Å². The van der Waals surface area contributed by atoms with Gasteiger partial charge in [-0.2, -0.15) is 5.26 Å². The Hall–Kier alpha value is -2.90. The minimum atomic E-state index is -0.373. The average Bonchev–Trinajstić information content (AvgIpc) is 3.51. The lowest BCUT2D eigenvalue weighted by Crippen LogP contribution is -2.26. The summed E-state index contributed by atoms with van der Waals surface area (Å²) >= 11 is 2.30. The molecular weight excluding hydrogens is 426 g/mol. The van der Waals surface area contributed by atoms with Gasteiger partial charge in [0.05, 0.1) is 37.0 Å². The van der Waals surface area contributed by atoms with Crippen molar-refractivity contribution in [1.82, 2.24) is 5.32 Å².